The highest BCUT2D eigenvalue weighted by atomic mass is 15.1. The summed E-state index contributed by atoms with van der Waals surface area (Å²) in [5, 5.41) is 23.1. The van der Waals surface area contributed by atoms with E-state index in [1.54, 1.807) is 49.6 Å². The lowest BCUT2D eigenvalue weighted by Crippen LogP contribution is -1.71. The lowest BCUT2D eigenvalue weighted by molar-refractivity contribution is 1.10. The van der Waals surface area contributed by atoms with Gasteiger partial charge in [-0.05, 0) is 24.3 Å². The van der Waals surface area contributed by atoms with E-state index in [2.05, 4.69) is 45.5 Å². The van der Waals surface area contributed by atoms with Crippen LogP contribution in [-0.4, -0.2) is 45.5 Å². The summed E-state index contributed by atoms with van der Waals surface area (Å²) in [5.41, 5.74) is 2.86. The number of hydrogen-bond acceptors (Lipinski definition) is 6. The number of H-pyrrole nitrogens is 3. The molecule has 0 bridgehead atoms. The maximum absolute atomic E-state index is 4.02. The summed E-state index contributed by atoms with van der Waals surface area (Å²) in [6.45, 7) is 0. The molecule has 132 valence electrons. The van der Waals surface area contributed by atoms with E-state index in [9.17, 15) is 0 Å². The molecule has 0 amide bonds. The molecule has 9 nitrogen and oxygen atoms in total. The summed E-state index contributed by atoms with van der Waals surface area (Å²) >= 11 is 0. The third-order valence-electron chi connectivity index (χ3n) is 3.70. The minimum absolute atomic E-state index is 0.845. The van der Waals surface area contributed by atoms with Crippen molar-refractivity contribution in [2.45, 2.75) is 0 Å². The van der Waals surface area contributed by atoms with Crippen LogP contribution in [0.25, 0.3) is 32.8 Å². The van der Waals surface area contributed by atoms with Gasteiger partial charge >= 0.3 is 0 Å². The Morgan fingerprint density at radius 1 is 0.556 bits per heavy atom. The lowest BCUT2D eigenvalue weighted by atomic mass is 10.3. The molecule has 0 fully saturated rings. The van der Waals surface area contributed by atoms with Gasteiger partial charge in [0.15, 0.2) is 5.65 Å². The minimum atomic E-state index is 0.845. The van der Waals surface area contributed by atoms with Gasteiger partial charge in [-0.15, -0.1) is 0 Å². The minimum Gasteiger partial charge on any atom is -0.278 e. The predicted octanol–water partition coefficient (Wildman–Crippen LogP) is 2.87. The highest BCUT2D eigenvalue weighted by Gasteiger charge is 1.91. The number of fused-ring (bicyclic) bond motifs is 3. The summed E-state index contributed by atoms with van der Waals surface area (Å²) in [5.74, 6) is 0. The van der Waals surface area contributed by atoms with Crippen molar-refractivity contribution < 1.29 is 0 Å². The van der Waals surface area contributed by atoms with Crippen LogP contribution in [0.4, 0.5) is 0 Å². The first-order chi connectivity index (χ1) is 13.4. The Hall–Kier alpha value is -4.14. The highest BCUT2D eigenvalue weighted by molar-refractivity contribution is 5.76. The lowest BCUT2D eigenvalue weighted by Gasteiger charge is -1.80. The molecule has 3 N–H and O–H groups in total. The number of nitrogens with zero attached hydrogens (tertiary/aromatic N) is 6. The highest BCUT2D eigenvalue weighted by Crippen LogP contribution is 2.06. The molecule has 0 aliphatic rings. The fourth-order valence-corrected chi connectivity index (χ4v) is 2.34. The van der Waals surface area contributed by atoms with Gasteiger partial charge in [0, 0.05) is 40.9 Å². The van der Waals surface area contributed by atoms with Crippen molar-refractivity contribution in [2.75, 3.05) is 0 Å². The smallest absolute Gasteiger partial charge is 0.155 e. The van der Waals surface area contributed by atoms with Crippen molar-refractivity contribution in [3.63, 3.8) is 0 Å². The van der Waals surface area contributed by atoms with E-state index in [4.69, 9.17) is 0 Å². The molecule has 27 heavy (non-hydrogen) atoms. The monoisotopic (exact) mass is 357 g/mol. The summed E-state index contributed by atoms with van der Waals surface area (Å²) in [4.78, 5) is 11.9. The molecule has 0 aliphatic carbocycles. The van der Waals surface area contributed by atoms with E-state index in [-0.39, 0.29) is 0 Å². The predicted molar refractivity (Wildman–Crippen MR) is 102 cm³/mol. The van der Waals surface area contributed by atoms with Crippen LogP contribution in [-0.2, 0) is 0 Å². The van der Waals surface area contributed by atoms with Crippen molar-refractivity contribution in [2.24, 2.45) is 0 Å². The molecule has 0 spiro atoms. The van der Waals surface area contributed by atoms with Crippen LogP contribution >= 0.6 is 0 Å². The zero-order valence-electron chi connectivity index (χ0n) is 14.1. The van der Waals surface area contributed by atoms with Crippen LogP contribution in [0.3, 0.4) is 0 Å². The molecule has 0 aliphatic heterocycles. The zero-order chi connectivity index (χ0) is 18.3. The molecule has 6 rings (SSSR count). The Balaban J connectivity index is 0.0000001000. The van der Waals surface area contributed by atoms with E-state index >= 15 is 0 Å². The summed E-state index contributed by atoms with van der Waals surface area (Å²) in [6.07, 6.45) is 14.0. The van der Waals surface area contributed by atoms with Crippen LogP contribution in [0.2, 0.25) is 0 Å². The molecule has 9 heteroatoms. The van der Waals surface area contributed by atoms with Crippen LogP contribution in [0, 0.1) is 0 Å². The number of pyridine rings is 3. The Labute approximate surface area is 152 Å². The van der Waals surface area contributed by atoms with Gasteiger partial charge in [0.05, 0.1) is 35.8 Å². The van der Waals surface area contributed by atoms with Crippen molar-refractivity contribution in [3.8, 4) is 0 Å². The Morgan fingerprint density at radius 3 is 2.15 bits per heavy atom. The van der Waals surface area contributed by atoms with Gasteiger partial charge in [0.25, 0.3) is 0 Å². The van der Waals surface area contributed by atoms with Crippen LogP contribution < -0.4 is 0 Å². The van der Waals surface area contributed by atoms with Gasteiger partial charge < -0.3 is 0 Å². The van der Waals surface area contributed by atoms with Gasteiger partial charge in [-0.25, -0.2) is 4.98 Å². The molecule has 6 heterocycles. The fraction of sp³-hybridized carbons (Fsp3) is 0. The number of aromatic amines is 3. The zero-order valence-corrected chi connectivity index (χ0v) is 14.1. The first kappa shape index (κ1) is 16.3. The number of hydrogen-bond donors (Lipinski definition) is 3. The van der Waals surface area contributed by atoms with E-state index in [1.165, 1.54) is 0 Å². The molecule has 6 aromatic heterocycles. The van der Waals surface area contributed by atoms with E-state index in [0.29, 0.717) is 0 Å². The van der Waals surface area contributed by atoms with Crippen molar-refractivity contribution in [3.05, 3.63) is 73.8 Å². The standard InChI is InChI=1S/3C6H5N3/c1-2-7-3-5-4-8-9-6(1)5;1-2-7-4-6-5(1)3-8-9-6;1-2-5-4-8-9-6(5)7-3-1/h2*1-4H,(H,8,9);1-4H,(H,7,8,9). The van der Waals surface area contributed by atoms with E-state index in [1.807, 2.05) is 24.3 Å². The second-order valence-electron chi connectivity index (χ2n) is 5.48. The number of aromatic nitrogens is 9. The molecular weight excluding hydrogens is 342 g/mol. The molecule has 0 atom stereocenters. The maximum atomic E-state index is 4.02. The Morgan fingerprint density at radius 2 is 1.30 bits per heavy atom. The first-order valence-corrected chi connectivity index (χ1v) is 8.10. The van der Waals surface area contributed by atoms with E-state index in [0.717, 1.165) is 32.8 Å². The van der Waals surface area contributed by atoms with Crippen molar-refractivity contribution in [1.29, 1.82) is 0 Å². The first-order valence-electron chi connectivity index (χ1n) is 8.10. The molecule has 0 radical (unpaired) electrons. The van der Waals surface area contributed by atoms with Gasteiger partial charge in [0.2, 0.25) is 0 Å². The second kappa shape index (κ2) is 7.83. The van der Waals surface area contributed by atoms with Crippen LogP contribution in [0.5, 0.6) is 0 Å². The third kappa shape index (κ3) is 3.93. The number of nitrogens with one attached hydrogen (secondary N) is 3. The molecule has 0 saturated heterocycles. The maximum Gasteiger partial charge on any atom is 0.155 e. The van der Waals surface area contributed by atoms with Crippen LogP contribution in [0.1, 0.15) is 0 Å². The molecule has 0 saturated carbocycles. The molecular formula is C18H15N9. The van der Waals surface area contributed by atoms with Crippen LogP contribution in [0.15, 0.2) is 73.8 Å². The second-order valence-corrected chi connectivity index (χ2v) is 5.48. The molecule has 6 aromatic rings. The van der Waals surface area contributed by atoms with Crippen molar-refractivity contribution >= 4 is 32.8 Å². The van der Waals surface area contributed by atoms with Gasteiger partial charge in [-0.3, -0.25) is 25.3 Å². The number of rotatable bonds is 0. The third-order valence-corrected chi connectivity index (χ3v) is 3.70. The SMILES string of the molecule is c1cc2[nH]ncc2cn1.c1cc2cn[nH]c2cn1.c1cnc2[nH]ncc2c1. The van der Waals surface area contributed by atoms with E-state index < -0.39 is 0 Å². The molecule has 0 unspecified atom stereocenters. The summed E-state index contributed by atoms with van der Waals surface area (Å²) < 4.78 is 0. The summed E-state index contributed by atoms with van der Waals surface area (Å²) in [6, 6.07) is 7.66. The quantitative estimate of drug-likeness (QED) is 0.384. The average Bonchev–Trinajstić information content (AvgIpc) is 3.48. The van der Waals surface area contributed by atoms with Gasteiger partial charge in [0.1, 0.15) is 0 Å². The fourth-order valence-electron chi connectivity index (χ4n) is 2.34. The Bertz CT molecular complexity index is 1000. The van der Waals surface area contributed by atoms with Gasteiger partial charge in [-0.2, -0.15) is 15.3 Å². The molecule has 0 aromatic carbocycles. The topological polar surface area (TPSA) is 125 Å². The average molecular weight is 357 g/mol. The normalized spacial score (nSPS) is 10.2. The Kier molecular flexibility index (Phi) is 4.74. The summed E-state index contributed by atoms with van der Waals surface area (Å²) in [7, 11) is 0. The van der Waals surface area contributed by atoms with Crippen molar-refractivity contribution in [1.82, 2.24) is 45.5 Å². The van der Waals surface area contributed by atoms with Gasteiger partial charge in [-0.1, -0.05) is 0 Å². The largest absolute Gasteiger partial charge is 0.278 e.